The number of hydrogen-bond donors (Lipinski definition) is 3. The minimum absolute atomic E-state index is 0.137. The Morgan fingerprint density at radius 3 is 2.53 bits per heavy atom. The van der Waals surface area contributed by atoms with Crippen LogP contribution in [0.4, 0.5) is 5.69 Å². The highest BCUT2D eigenvalue weighted by Crippen LogP contribution is 2.16. The van der Waals surface area contributed by atoms with E-state index in [1.807, 2.05) is 48.5 Å². The molecule has 0 aliphatic rings. The summed E-state index contributed by atoms with van der Waals surface area (Å²) >= 11 is 0. The van der Waals surface area contributed by atoms with Crippen LogP contribution in [-0.4, -0.2) is 5.84 Å². The van der Waals surface area contributed by atoms with E-state index < -0.39 is 0 Å². The summed E-state index contributed by atoms with van der Waals surface area (Å²) in [5.74, 6) is 0.137. The first-order valence-electron chi connectivity index (χ1n) is 5.91. The van der Waals surface area contributed by atoms with Gasteiger partial charge in [-0.05, 0) is 23.8 Å². The molecule has 2 aromatic carbocycles. The van der Waals surface area contributed by atoms with Gasteiger partial charge >= 0.3 is 0 Å². The molecule has 19 heavy (non-hydrogen) atoms. The SMILES string of the molecule is CC(N)=C(C#N)C(=N)[NH2+]c1ccc2ccccc2c1. The number of nitrogens with two attached hydrogens (primary N) is 2. The molecule has 0 amide bonds. The smallest absolute Gasteiger partial charge is 0.241 e. The number of nitrogens with one attached hydrogen (secondary N) is 1. The van der Waals surface area contributed by atoms with Gasteiger partial charge in [-0.15, -0.1) is 0 Å². The first-order valence-corrected chi connectivity index (χ1v) is 5.91. The van der Waals surface area contributed by atoms with Crippen molar-refractivity contribution < 1.29 is 5.32 Å². The fourth-order valence-corrected chi connectivity index (χ4v) is 1.90. The number of allylic oxidation sites excluding steroid dienone is 1. The Morgan fingerprint density at radius 2 is 1.89 bits per heavy atom. The summed E-state index contributed by atoms with van der Waals surface area (Å²) in [5, 5.41) is 20.8. The maximum absolute atomic E-state index is 8.97. The maximum Gasteiger partial charge on any atom is 0.241 e. The number of fused-ring (bicyclic) bond motifs is 1. The lowest BCUT2D eigenvalue weighted by atomic mass is 10.1. The summed E-state index contributed by atoms with van der Waals surface area (Å²) in [4.78, 5) is 0. The van der Waals surface area contributed by atoms with E-state index in [-0.39, 0.29) is 11.4 Å². The molecule has 0 saturated heterocycles. The van der Waals surface area contributed by atoms with Crippen LogP contribution in [0.15, 0.2) is 53.7 Å². The summed E-state index contributed by atoms with van der Waals surface area (Å²) in [7, 11) is 0. The number of hydrogen-bond acceptors (Lipinski definition) is 3. The molecule has 2 aromatic rings. The van der Waals surface area contributed by atoms with Gasteiger partial charge in [0.2, 0.25) is 5.84 Å². The molecule has 4 nitrogen and oxygen atoms in total. The number of nitrogens with zero attached hydrogens (tertiary/aromatic N) is 1. The van der Waals surface area contributed by atoms with Crippen LogP contribution in [0.5, 0.6) is 0 Å². The average Bonchev–Trinajstić information content (AvgIpc) is 2.39. The zero-order chi connectivity index (χ0) is 13.8. The third kappa shape index (κ3) is 2.79. The Bertz CT molecular complexity index is 703. The van der Waals surface area contributed by atoms with E-state index >= 15 is 0 Å². The van der Waals surface area contributed by atoms with Gasteiger partial charge in [-0.3, -0.25) is 5.32 Å². The number of rotatable bonds is 2. The second-order valence-electron chi connectivity index (χ2n) is 4.33. The van der Waals surface area contributed by atoms with Crippen molar-refractivity contribution in [3.05, 3.63) is 53.7 Å². The Morgan fingerprint density at radius 1 is 1.21 bits per heavy atom. The molecule has 2 rings (SSSR count). The standard InChI is InChI=1S/C15H14N4/c1-10(17)14(9-16)15(18)19-13-7-6-11-4-2-3-5-12(11)8-13/h2-8H,17H2,1H3,(H2,18,19)/p+1. The fraction of sp³-hybridized carbons (Fsp3) is 0.0667. The van der Waals surface area contributed by atoms with Gasteiger partial charge in [0, 0.05) is 17.8 Å². The molecule has 0 aromatic heterocycles. The molecular formula is C15H15N4+. The molecule has 94 valence electrons. The average molecular weight is 251 g/mol. The number of quaternary nitrogens is 1. The van der Waals surface area contributed by atoms with Crippen molar-refractivity contribution >= 4 is 22.3 Å². The predicted octanol–water partition coefficient (Wildman–Crippen LogP) is 1.77. The van der Waals surface area contributed by atoms with Crippen molar-refractivity contribution in [1.29, 1.82) is 10.7 Å². The zero-order valence-electron chi connectivity index (χ0n) is 10.6. The molecule has 0 atom stereocenters. The lowest BCUT2D eigenvalue weighted by Crippen LogP contribution is -2.82. The number of amidine groups is 1. The monoisotopic (exact) mass is 251 g/mol. The normalized spacial score (nSPS) is 11.8. The van der Waals surface area contributed by atoms with Crippen LogP contribution in [0.25, 0.3) is 10.8 Å². The lowest BCUT2D eigenvalue weighted by molar-refractivity contribution is -0.443. The molecule has 0 heterocycles. The van der Waals surface area contributed by atoms with Crippen LogP contribution in [0.1, 0.15) is 6.92 Å². The molecule has 0 aliphatic heterocycles. The van der Waals surface area contributed by atoms with Gasteiger partial charge in [-0.1, -0.05) is 24.3 Å². The van der Waals surface area contributed by atoms with Gasteiger partial charge in [-0.25, -0.2) is 5.41 Å². The Labute approximate surface area is 111 Å². The van der Waals surface area contributed by atoms with Crippen molar-refractivity contribution in [3.63, 3.8) is 0 Å². The lowest BCUT2D eigenvalue weighted by Gasteiger charge is -2.03. The molecule has 0 bridgehead atoms. The Hall–Kier alpha value is -2.64. The van der Waals surface area contributed by atoms with E-state index in [9.17, 15) is 0 Å². The number of nitriles is 1. The summed E-state index contributed by atoms with van der Waals surface area (Å²) in [5.41, 5.74) is 7.06. The predicted molar refractivity (Wildman–Crippen MR) is 75.8 cm³/mol. The van der Waals surface area contributed by atoms with Crippen molar-refractivity contribution in [2.75, 3.05) is 0 Å². The molecule has 0 saturated carbocycles. The van der Waals surface area contributed by atoms with Crippen molar-refractivity contribution in [3.8, 4) is 6.07 Å². The van der Waals surface area contributed by atoms with Crippen molar-refractivity contribution in [1.82, 2.24) is 0 Å². The molecule has 5 N–H and O–H groups in total. The van der Waals surface area contributed by atoms with Crippen molar-refractivity contribution in [2.24, 2.45) is 5.73 Å². The fourth-order valence-electron chi connectivity index (χ4n) is 1.90. The van der Waals surface area contributed by atoms with Gasteiger partial charge < -0.3 is 5.73 Å². The molecule has 0 radical (unpaired) electrons. The molecule has 0 spiro atoms. The van der Waals surface area contributed by atoms with Gasteiger partial charge in [-0.2, -0.15) is 5.26 Å². The largest absolute Gasteiger partial charge is 0.401 e. The zero-order valence-corrected chi connectivity index (χ0v) is 10.6. The molecular weight excluding hydrogens is 236 g/mol. The second kappa shape index (κ2) is 5.34. The van der Waals surface area contributed by atoms with Crippen LogP contribution in [0.2, 0.25) is 0 Å². The second-order valence-corrected chi connectivity index (χ2v) is 4.33. The topological polar surface area (TPSA) is 90.3 Å². The van der Waals surface area contributed by atoms with Crippen LogP contribution in [-0.2, 0) is 0 Å². The minimum Gasteiger partial charge on any atom is -0.401 e. The quantitative estimate of drug-likeness (QED) is 0.328. The van der Waals surface area contributed by atoms with E-state index in [2.05, 4.69) is 0 Å². The molecule has 0 fully saturated rings. The van der Waals surface area contributed by atoms with E-state index in [0.717, 1.165) is 16.5 Å². The van der Waals surface area contributed by atoms with E-state index in [4.69, 9.17) is 16.4 Å². The van der Waals surface area contributed by atoms with E-state index in [1.54, 1.807) is 12.2 Å². The van der Waals surface area contributed by atoms with Crippen LogP contribution >= 0.6 is 0 Å². The van der Waals surface area contributed by atoms with E-state index in [0.29, 0.717) is 5.70 Å². The molecule has 0 aliphatic carbocycles. The van der Waals surface area contributed by atoms with Gasteiger partial charge in [0.25, 0.3) is 0 Å². The minimum atomic E-state index is 0.137. The van der Waals surface area contributed by atoms with Crippen molar-refractivity contribution in [2.45, 2.75) is 6.92 Å². The van der Waals surface area contributed by atoms with Crippen LogP contribution in [0.3, 0.4) is 0 Å². The third-order valence-electron chi connectivity index (χ3n) is 2.86. The maximum atomic E-state index is 8.97. The summed E-state index contributed by atoms with van der Waals surface area (Å²) in [6.45, 7) is 1.63. The van der Waals surface area contributed by atoms with Gasteiger partial charge in [0.05, 0.1) is 0 Å². The molecule has 4 heteroatoms. The van der Waals surface area contributed by atoms with Crippen LogP contribution in [0, 0.1) is 16.7 Å². The third-order valence-corrected chi connectivity index (χ3v) is 2.86. The first-order chi connectivity index (χ1) is 9.11. The highest BCUT2D eigenvalue weighted by molar-refractivity contribution is 5.94. The Kier molecular flexibility index (Phi) is 3.60. The molecule has 0 unspecified atom stereocenters. The highest BCUT2D eigenvalue weighted by Gasteiger charge is 2.12. The number of benzene rings is 2. The summed E-state index contributed by atoms with van der Waals surface area (Å²) < 4.78 is 0. The van der Waals surface area contributed by atoms with Gasteiger partial charge in [0.1, 0.15) is 11.8 Å². The Balaban J connectivity index is 2.30. The first kappa shape index (κ1) is 12.8. The van der Waals surface area contributed by atoms with E-state index in [1.165, 1.54) is 0 Å². The van der Waals surface area contributed by atoms with Crippen LogP contribution < -0.4 is 11.1 Å². The highest BCUT2D eigenvalue weighted by atomic mass is 14.9. The van der Waals surface area contributed by atoms with Gasteiger partial charge in [0.15, 0.2) is 5.57 Å². The summed E-state index contributed by atoms with van der Waals surface area (Å²) in [6, 6.07) is 15.9. The summed E-state index contributed by atoms with van der Waals surface area (Å²) in [6.07, 6.45) is 0.